The van der Waals surface area contributed by atoms with Crippen LogP contribution in [0, 0.1) is 0 Å². The summed E-state index contributed by atoms with van der Waals surface area (Å²) in [6, 6.07) is 2.25. The largest absolute Gasteiger partial charge is 0.334 e. The molecule has 14 heavy (non-hydrogen) atoms. The van der Waals surface area contributed by atoms with Gasteiger partial charge in [0.25, 0.3) is 0 Å². The molecule has 1 amide bonds. The van der Waals surface area contributed by atoms with Gasteiger partial charge in [0.15, 0.2) is 0 Å². The molecule has 0 bridgehead atoms. The maximum atomic E-state index is 11.6. The van der Waals surface area contributed by atoms with Gasteiger partial charge in [0.1, 0.15) is 0 Å². The van der Waals surface area contributed by atoms with Crippen molar-refractivity contribution in [1.29, 1.82) is 0 Å². The zero-order valence-electron chi connectivity index (χ0n) is 8.14. The highest BCUT2D eigenvalue weighted by Crippen LogP contribution is 2.26. The van der Waals surface area contributed by atoms with E-state index in [1.807, 2.05) is 10.3 Å². The Morgan fingerprint density at radius 1 is 1.71 bits per heavy atom. The van der Waals surface area contributed by atoms with Gasteiger partial charge in [-0.25, -0.2) is 0 Å². The normalized spacial score (nSPS) is 24.3. The van der Waals surface area contributed by atoms with Crippen LogP contribution in [0.15, 0.2) is 16.8 Å². The summed E-state index contributed by atoms with van der Waals surface area (Å²) in [4.78, 5) is 13.4. The summed E-state index contributed by atoms with van der Waals surface area (Å²) >= 11 is 1.66. The molecule has 2 heterocycles. The molecule has 0 spiro atoms. The highest BCUT2D eigenvalue weighted by molar-refractivity contribution is 7.07. The summed E-state index contributed by atoms with van der Waals surface area (Å²) in [6.45, 7) is 2.74. The Balaban J connectivity index is 2.12. The minimum absolute atomic E-state index is 0.0172. The number of hydrogen-bond acceptors (Lipinski definition) is 3. The molecule has 1 aliphatic heterocycles. The van der Waals surface area contributed by atoms with Gasteiger partial charge in [-0.3, -0.25) is 4.79 Å². The van der Waals surface area contributed by atoms with E-state index in [9.17, 15) is 4.79 Å². The lowest BCUT2D eigenvalue weighted by Crippen LogP contribution is -2.30. The number of rotatable bonds is 2. The minimum Gasteiger partial charge on any atom is -0.334 e. The lowest BCUT2D eigenvalue weighted by molar-refractivity contribution is -0.129. The highest BCUT2D eigenvalue weighted by atomic mass is 32.1. The molecule has 0 radical (unpaired) electrons. The van der Waals surface area contributed by atoms with Gasteiger partial charge in [0.2, 0.25) is 5.91 Å². The second-order valence-electron chi connectivity index (χ2n) is 3.74. The Kier molecular flexibility index (Phi) is 2.56. The van der Waals surface area contributed by atoms with Crippen LogP contribution in [0.3, 0.4) is 0 Å². The molecule has 1 saturated heterocycles. The van der Waals surface area contributed by atoms with E-state index >= 15 is 0 Å². The molecule has 2 N–H and O–H groups in total. The van der Waals surface area contributed by atoms with Crippen LogP contribution in [-0.4, -0.2) is 23.4 Å². The van der Waals surface area contributed by atoms with Gasteiger partial charge in [0, 0.05) is 19.0 Å². The average molecular weight is 210 g/mol. The molecular formula is C10H14N2OS. The smallest absolute Gasteiger partial charge is 0.224 e. The van der Waals surface area contributed by atoms with E-state index < -0.39 is 0 Å². The van der Waals surface area contributed by atoms with E-state index in [0.29, 0.717) is 13.0 Å². The van der Waals surface area contributed by atoms with Crippen molar-refractivity contribution in [1.82, 2.24) is 4.90 Å². The molecule has 1 aliphatic rings. The molecule has 76 valence electrons. The molecule has 1 aromatic rings. The van der Waals surface area contributed by atoms with Gasteiger partial charge in [-0.05, 0) is 29.3 Å². The zero-order chi connectivity index (χ0) is 10.1. The maximum absolute atomic E-state index is 11.6. The number of carbonyl (C=O) groups is 1. The van der Waals surface area contributed by atoms with Gasteiger partial charge in [-0.15, -0.1) is 0 Å². The fourth-order valence-corrected chi connectivity index (χ4v) is 2.57. The molecule has 1 fully saturated rings. The summed E-state index contributed by atoms with van der Waals surface area (Å²) in [7, 11) is 0. The van der Waals surface area contributed by atoms with Crippen molar-refractivity contribution in [3.63, 3.8) is 0 Å². The van der Waals surface area contributed by atoms with Crippen molar-refractivity contribution >= 4 is 17.2 Å². The maximum Gasteiger partial charge on any atom is 0.224 e. The number of likely N-dealkylation sites (tertiary alicyclic amines) is 1. The van der Waals surface area contributed by atoms with E-state index in [4.69, 9.17) is 5.73 Å². The molecule has 4 heteroatoms. The second kappa shape index (κ2) is 3.71. The van der Waals surface area contributed by atoms with Crippen LogP contribution in [0.25, 0.3) is 0 Å². The number of thiophene rings is 1. The van der Waals surface area contributed by atoms with Crippen LogP contribution in [0.5, 0.6) is 0 Å². The molecule has 1 aromatic heterocycles. The Hall–Kier alpha value is -0.870. The summed E-state index contributed by atoms with van der Waals surface area (Å²) in [5.41, 5.74) is 6.95. The topological polar surface area (TPSA) is 46.3 Å². The summed E-state index contributed by atoms with van der Waals surface area (Å²) in [5.74, 6) is 0.177. The van der Waals surface area contributed by atoms with Crippen molar-refractivity contribution in [2.24, 2.45) is 5.73 Å². The Morgan fingerprint density at radius 2 is 2.50 bits per heavy atom. The van der Waals surface area contributed by atoms with Gasteiger partial charge < -0.3 is 10.6 Å². The number of nitrogens with zero attached hydrogens (tertiary/aromatic N) is 1. The van der Waals surface area contributed by atoms with E-state index in [2.05, 4.69) is 18.4 Å². The third-order valence-electron chi connectivity index (χ3n) is 2.68. The van der Waals surface area contributed by atoms with Crippen molar-refractivity contribution in [3.8, 4) is 0 Å². The Labute approximate surface area is 87.5 Å². The van der Waals surface area contributed by atoms with Crippen molar-refractivity contribution in [2.75, 3.05) is 6.54 Å². The molecule has 3 nitrogen and oxygen atoms in total. The van der Waals surface area contributed by atoms with Crippen LogP contribution in [0.4, 0.5) is 0 Å². The molecule has 0 saturated carbocycles. The predicted octanol–water partition coefficient (Wildman–Crippen LogP) is 1.37. The van der Waals surface area contributed by atoms with Gasteiger partial charge in [0.05, 0.1) is 6.04 Å². The summed E-state index contributed by atoms with van der Waals surface area (Å²) in [6.07, 6.45) is 0.495. The van der Waals surface area contributed by atoms with Gasteiger partial charge in [-0.2, -0.15) is 11.3 Å². The lowest BCUT2D eigenvalue weighted by Gasteiger charge is -2.23. The third-order valence-corrected chi connectivity index (χ3v) is 3.38. The summed E-state index contributed by atoms with van der Waals surface area (Å²) < 4.78 is 0. The Morgan fingerprint density at radius 3 is 3.00 bits per heavy atom. The van der Waals surface area contributed by atoms with Gasteiger partial charge in [-0.1, -0.05) is 0 Å². The van der Waals surface area contributed by atoms with Crippen molar-refractivity contribution in [2.45, 2.75) is 25.4 Å². The third kappa shape index (κ3) is 1.67. The molecule has 0 aliphatic carbocycles. The van der Waals surface area contributed by atoms with Crippen molar-refractivity contribution < 1.29 is 4.79 Å². The fraction of sp³-hybridized carbons (Fsp3) is 0.500. The van der Waals surface area contributed by atoms with Gasteiger partial charge >= 0.3 is 0 Å². The molecular weight excluding hydrogens is 196 g/mol. The standard InChI is InChI=1S/C10H14N2OS/c1-7(8-2-3-14-6-8)12-5-9(11)4-10(12)13/h2-3,6-7,9H,4-5,11H2,1H3. The minimum atomic E-state index is 0.0172. The first-order valence-electron chi connectivity index (χ1n) is 4.75. The van der Waals surface area contributed by atoms with Crippen LogP contribution in [0.1, 0.15) is 24.9 Å². The molecule has 0 aromatic carbocycles. The number of hydrogen-bond donors (Lipinski definition) is 1. The van der Waals surface area contributed by atoms with Crippen LogP contribution in [-0.2, 0) is 4.79 Å². The first kappa shape index (κ1) is 9.68. The van der Waals surface area contributed by atoms with E-state index in [-0.39, 0.29) is 18.0 Å². The zero-order valence-corrected chi connectivity index (χ0v) is 8.96. The first-order valence-corrected chi connectivity index (χ1v) is 5.70. The van der Waals surface area contributed by atoms with Crippen LogP contribution in [0.2, 0.25) is 0 Å². The first-order chi connectivity index (χ1) is 6.68. The lowest BCUT2D eigenvalue weighted by atomic mass is 10.1. The Bertz CT molecular complexity index is 323. The van der Waals surface area contributed by atoms with E-state index in [0.717, 1.165) is 0 Å². The summed E-state index contributed by atoms with van der Waals surface area (Å²) in [5, 5.41) is 4.12. The van der Waals surface area contributed by atoms with Crippen LogP contribution >= 0.6 is 11.3 Å². The second-order valence-corrected chi connectivity index (χ2v) is 4.52. The predicted molar refractivity (Wildman–Crippen MR) is 57.0 cm³/mol. The van der Waals surface area contributed by atoms with Crippen molar-refractivity contribution in [3.05, 3.63) is 22.4 Å². The average Bonchev–Trinajstić information content (AvgIpc) is 2.73. The quantitative estimate of drug-likeness (QED) is 0.801. The SMILES string of the molecule is CC(c1ccsc1)N1CC(N)CC1=O. The molecule has 2 rings (SSSR count). The van der Waals surface area contributed by atoms with Crippen LogP contribution < -0.4 is 5.73 Å². The van der Waals surface area contributed by atoms with E-state index in [1.54, 1.807) is 11.3 Å². The number of nitrogens with two attached hydrogens (primary N) is 1. The number of carbonyl (C=O) groups excluding carboxylic acids is 1. The highest BCUT2D eigenvalue weighted by Gasteiger charge is 2.30. The fourth-order valence-electron chi connectivity index (χ4n) is 1.83. The van der Waals surface area contributed by atoms with E-state index in [1.165, 1.54) is 5.56 Å². The molecule has 2 atom stereocenters. The molecule has 2 unspecified atom stereocenters. The number of amides is 1. The monoisotopic (exact) mass is 210 g/mol.